The number of hydrogen-bond donors (Lipinski definition) is 0. The number of benzene rings is 10. The highest BCUT2D eigenvalue weighted by Crippen LogP contribution is 2.57. The van der Waals surface area contributed by atoms with E-state index in [9.17, 15) is 0 Å². The van der Waals surface area contributed by atoms with Gasteiger partial charge < -0.3 is 18.6 Å². The van der Waals surface area contributed by atoms with Crippen molar-refractivity contribution in [2.45, 2.75) is 58.8 Å². The number of anilines is 6. The van der Waals surface area contributed by atoms with Crippen LogP contribution in [0.5, 0.6) is 0 Å². The molecule has 0 amide bonds. The largest absolute Gasteiger partial charge is 0.454 e. The van der Waals surface area contributed by atoms with E-state index in [1.54, 1.807) is 0 Å². The molecule has 69 heavy (non-hydrogen) atoms. The predicted molar refractivity (Wildman–Crippen MR) is 291 cm³/mol. The van der Waals surface area contributed by atoms with E-state index in [4.69, 9.17) is 8.83 Å². The molecule has 1 aliphatic rings. The van der Waals surface area contributed by atoms with Gasteiger partial charge in [-0.3, -0.25) is 0 Å². The SMILES string of the molecule is CC(C)c1ccc(N(c2ccc3c4c(ccc3c2)-c2c(cc(N(c3ccc(C(C)C)cc3)c3cccc5c3oc3ccccc35)c3ccccc23)C4(C)C)c2cccc3c2oc2ccccc23)cc1. The maximum absolute atomic E-state index is 6.80. The monoisotopic (exact) mass is 892 g/mol. The lowest BCUT2D eigenvalue weighted by Gasteiger charge is -2.30. The molecule has 2 aromatic heterocycles. The summed E-state index contributed by atoms with van der Waals surface area (Å²) in [5.74, 6) is 0.850. The number of para-hydroxylation sites is 4. The molecular weight excluding hydrogens is 841 g/mol. The third-order valence-electron chi connectivity index (χ3n) is 15.0. The number of nitrogens with zero attached hydrogens (tertiary/aromatic N) is 2. The maximum Gasteiger partial charge on any atom is 0.159 e. The average Bonchev–Trinajstić information content (AvgIpc) is 4.03. The van der Waals surface area contributed by atoms with Crippen molar-refractivity contribution in [3.05, 3.63) is 216 Å². The second-order valence-electron chi connectivity index (χ2n) is 20.0. The highest BCUT2D eigenvalue weighted by atomic mass is 16.3. The molecule has 1 aliphatic carbocycles. The van der Waals surface area contributed by atoms with E-state index in [1.807, 2.05) is 6.07 Å². The highest BCUT2D eigenvalue weighted by molar-refractivity contribution is 6.16. The van der Waals surface area contributed by atoms with Crippen molar-refractivity contribution < 1.29 is 8.83 Å². The van der Waals surface area contributed by atoms with Crippen LogP contribution in [0.2, 0.25) is 0 Å². The van der Waals surface area contributed by atoms with E-state index in [0.29, 0.717) is 11.8 Å². The number of rotatable bonds is 8. The van der Waals surface area contributed by atoms with Gasteiger partial charge in [-0.2, -0.15) is 0 Å². The molecule has 0 N–H and O–H groups in total. The Morgan fingerprint density at radius 1 is 0.391 bits per heavy atom. The Morgan fingerprint density at radius 3 is 1.46 bits per heavy atom. The van der Waals surface area contributed by atoms with Gasteiger partial charge in [-0.05, 0) is 128 Å². The first-order valence-corrected chi connectivity index (χ1v) is 24.4. The first-order valence-electron chi connectivity index (χ1n) is 24.4. The summed E-state index contributed by atoms with van der Waals surface area (Å²) in [6, 6.07) is 71.1. The molecule has 12 aromatic rings. The quantitative estimate of drug-likeness (QED) is 0.152. The lowest BCUT2D eigenvalue weighted by Crippen LogP contribution is -2.17. The molecule has 0 spiro atoms. The van der Waals surface area contributed by atoms with Crippen LogP contribution in [-0.2, 0) is 5.41 Å². The molecule has 0 aliphatic heterocycles. The van der Waals surface area contributed by atoms with Gasteiger partial charge in [-0.1, -0.05) is 169 Å². The van der Waals surface area contributed by atoms with E-state index in [-0.39, 0.29) is 5.41 Å². The molecule has 0 bridgehead atoms. The van der Waals surface area contributed by atoms with Crippen LogP contribution in [0.1, 0.15) is 75.6 Å². The fourth-order valence-electron chi connectivity index (χ4n) is 11.5. The van der Waals surface area contributed by atoms with E-state index < -0.39 is 0 Å². The lowest BCUT2D eigenvalue weighted by molar-refractivity contribution is 0.666. The zero-order valence-corrected chi connectivity index (χ0v) is 39.8. The second kappa shape index (κ2) is 15.5. The van der Waals surface area contributed by atoms with Gasteiger partial charge in [0, 0.05) is 49.4 Å². The maximum atomic E-state index is 6.80. The lowest BCUT2D eigenvalue weighted by atomic mass is 9.79. The zero-order chi connectivity index (χ0) is 46.7. The molecule has 2 heterocycles. The third-order valence-corrected chi connectivity index (χ3v) is 15.0. The number of hydrogen-bond acceptors (Lipinski definition) is 4. The molecule has 0 saturated carbocycles. The van der Waals surface area contributed by atoms with Crippen LogP contribution < -0.4 is 9.80 Å². The van der Waals surface area contributed by atoms with E-state index >= 15 is 0 Å². The van der Waals surface area contributed by atoms with Crippen LogP contribution in [0.15, 0.2) is 203 Å². The van der Waals surface area contributed by atoms with Gasteiger partial charge >= 0.3 is 0 Å². The standard InChI is InChI=1S/C65H52N2O2/c1-39(2)41-25-30-44(31-26-41)66(56-21-13-19-52-49-16-9-11-23-59(49)68-63(52)56)46-34-36-47-43(37-46)29-35-54-61-51-18-8-7-15-48(51)58(38-55(61)65(5,6)62(47)54)67(45-32-27-42(28-33-45)40(3)4)57-22-14-20-53-50-17-10-12-24-60(50)69-64(53)57/h7-40H,1-6H3. The Labute approximate surface area is 402 Å². The predicted octanol–water partition coefficient (Wildman–Crippen LogP) is 19.3. The van der Waals surface area contributed by atoms with Crippen LogP contribution in [-0.4, -0.2) is 0 Å². The van der Waals surface area contributed by atoms with E-state index in [1.165, 1.54) is 54.9 Å². The molecule has 0 atom stereocenters. The molecule has 13 rings (SSSR count). The van der Waals surface area contributed by atoms with Gasteiger partial charge in [-0.25, -0.2) is 0 Å². The van der Waals surface area contributed by atoms with Gasteiger partial charge in [0.15, 0.2) is 11.2 Å². The van der Waals surface area contributed by atoms with Gasteiger partial charge in [0.1, 0.15) is 11.2 Å². The molecule has 0 saturated heterocycles. The fraction of sp³-hybridized carbons (Fsp3) is 0.138. The molecule has 4 nitrogen and oxygen atoms in total. The number of fused-ring (bicyclic) bond motifs is 13. The first-order chi connectivity index (χ1) is 33.6. The Balaban J connectivity index is 1.00. The minimum atomic E-state index is -0.338. The minimum Gasteiger partial charge on any atom is -0.454 e. The van der Waals surface area contributed by atoms with Gasteiger partial charge in [0.25, 0.3) is 0 Å². The second-order valence-corrected chi connectivity index (χ2v) is 20.0. The van der Waals surface area contributed by atoms with Crippen molar-refractivity contribution in [2.75, 3.05) is 9.80 Å². The molecule has 0 radical (unpaired) electrons. The molecule has 334 valence electrons. The van der Waals surface area contributed by atoms with E-state index in [2.05, 4.69) is 239 Å². The fourth-order valence-corrected chi connectivity index (χ4v) is 11.5. The normalized spacial score (nSPS) is 13.2. The van der Waals surface area contributed by atoms with Gasteiger partial charge in [-0.15, -0.1) is 0 Å². The van der Waals surface area contributed by atoms with Crippen molar-refractivity contribution in [1.29, 1.82) is 0 Å². The molecule has 0 fully saturated rings. The van der Waals surface area contributed by atoms with Gasteiger partial charge in [0.2, 0.25) is 0 Å². The van der Waals surface area contributed by atoms with Gasteiger partial charge in [0.05, 0.1) is 17.1 Å². The summed E-state index contributed by atoms with van der Waals surface area (Å²) in [7, 11) is 0. The summed E-state index contributed by atoms with van der Waals surface area (Å²) in [5.41, 5.74) is 17.5. The summed E-state index contributed by atoms with van der Waals surface area (Å²) in [5, 5.41) is 9.34. The molecule has 0 unspecified atom stereocenters. The Morgan fingerprint density at radius 2 is 0.884 bits per heavy atom. The van der Waals surface area contributed by atoms with Crippen LogP contribution in [0.25, 0.3) is 76.5 Å². The average molecular weight is 893 g/mol. The molecular formula is C65H52N2O2. The van der Waals surface area contributed by atoms with Crippen LogP contribution >= 0.6 is 0 Å². The summed E-state index contributed by atoms with van der Waals surface area (Å²) in [4.78, 5) is 4.80. The van der Waals surface area contributed by atoms with Crippen molar-refractivity contribution >= 4 is 99.5 Å². The molecule has 4 heteroatoms. The third kappa shape index (κ3) is 6.28. The summed E-state index contributed by atoms with van der Waals surface area (Å²) >= 11 is 0. The Kier molecular flexibility index (Phi) is 9.23. The first kappa shape index (κ1) is 41.1. The summed E-state index contributed by atoms with van der Waals surface area (Å²) in [6.45, 7) is 13.8. The van der Waals surface area contributed by atoms with Crippen molar-refractivity contribution in [3.8, 4) is 11.1 Å². The van der Waals surface area contributed by atoms with Crippen LogP contribution in [0, 0.1) is 0 Å². The van der Waals surface area contributed by atoms with Crippen molar-refractivity contribution in [3.63, 3.8) is 0 Å². The highest BCUT2D eigenvalue weighted by Gasteiger charge is 2.39. The van der Waals surface area contributed by atoms with Crippen molar-refractivity contribution in [2.24, 2.45) is 0 Å². The minimum absolute atomic E-state index is 0.338. The number of furan rings is 2. The topological polar surface area (TPSA) is 32.8 Å². The Bertz CT molecular complexity index is 4000. The van der Waals surface area contributed by atoms with Crippen LogP contribution in [0.4, 0.5) is 34.1 Å². The zero-order valence-electron chi connectivity index (χ0n) is 39.8. The summed E-state index contributed by atoms with van der Waals surface area (Å²) < 4.78 is 13.5. The molecule has 10 aromatic carbocycles. The summed E-state index contributed by atoms with van der Waals surface area (Å²) in [6.07, 6.45) is 0. The van der Waals surface area contributed by atoms with Crippen molar-refractivity contribution in [1.82, 2.24) is 0 Å². The Hall–Kier alpha value is -8.08. The smallest absolute Gasteiger partial charge is 0.159 e. The van der Waals surface area contributed by atoms with Crippen LogP contribution in [0.3, 0.4) is 0 Å². The van der Waals surface area contributed by atoms with E-state index in [0.717, 1.165) is 78.0 Å².